The molecule has 17 heavy (non-hydrogen) atoms. The number of nitrogens with two attached hydrogens (primary N) is 1. The fourth-order valence-corrected chi connectivity index (χ4v) is 3.71. The number of hydrogen-bond donors (Lipinski definition) is 1. The van der Waals surface area contributed by atoms with E-state index < -0.39 is 0 Å². The lowest BCUT2D eigenvalue weighted by atomic mass is 10.0. The van der Waals surface area contributed by atoms with Gasteiger partial charge in [-0.2, -0.15) is 11.3 Å². The maximum Gasteiger partial charge on any atom is 0.133 e. The van der Waals surface area contributed by atoms with E-state index >= 15 is 0 Å². The van der Waals surface area contributed by atoms with Crippen LogP contribution in [0.2, 0.25) is 0 Å². The third kappa shape index (κ3) is 2.73. The van der Waals surface area contributed by atoms with E-state index in [1.54, 1.807) is 18.4 Å². The summed E-state index contributed by atoms with van der Waals surface area (Å²) in [7, 11) is 1.65. The Morgan fingerprint density at radius 1 is 1.24 bits per heavy atom. The number of thiophene rings is 1. The summed E-state index contributed by atoms with van der Waals surface area (Å²) < 4.78 is 7.17. The highest BCUT2D eigenvalue weighted by atomic mass is 79.9. The summed E-state index contributed by atoms with van der Waals surface area (Å²) in [6.07, 6.45) is 0. The van der Waals surface area contributed by atoms with Gasteiger partial charge in [-0.1, -0.05) is 6.07 Å². The van der Waals surface area contributed by atoms with Gasteiger partial charge >= 0.3 is 0 Å². The fourth-order valence-electron chi connectivity index (χ4n) is 1.57. The molecule has 0 bridgehead atoms. The molecule has 1 unspecified atom stereocenters. The minimum absolute atomic E-state index is 0.127. The van der Waals surface area contributed by atoms with Gasteiger partial charge in [-0.3, -0.25) is 0 Å². The molecule has 2 nitrogen and oxygen atoms in total. The molecule has 1 aromatic carbocycles. The summed E-state index contributed by atoms with van der Waals surface area (Å²) in [6.45, 7) is 0. The highest BCUT2D eigenvalue weighted by Crippen LogP contribution is 2.33. The van der Waals surface area contributed by atoms with E-state index in [0.717, 1.165) is 25.8 Å². The molecule has 0 saturated carbocycles. The van der Waals surface area contributed by atoms with E-state index in [1.807, 2.05) is 23.6 Å². The number of ether oxygens (including phenoxy) is 1. The normalized spacial score (nSPS) is 12.5. The van der Waals surface area contributed by atoms with Crippen molar-refractivity contribution in [3.63, 3.8) is 0 Å². The number of hydrogen-bond acceptors (Lipinski definition) is 3. The summed E-state index contributed by atoms with van der Waals surface area (Å²) in [5, 5.41) is 4.10. The van der Waals surface area contributed by atoms with Crippen LogP contribution in [0.25, 0.3) is 0 Å². The van der Waals surface area contributed by atoms with E-state index in [1.165, 1.54) is 0 Å². The molecule has 0 aliphatic carbocycles. The molecule has 0 radical (unpaired) electrons. The van der Waals surface area contributed by atoms with Crippen molar-refractivity contribution < 1.29 is 4.74 Å². The SMILES string of the molecule is COc1ccc(C(N)c2cscc2Br)cc1Br. The van der Waals surface area contributed by atoms with Crippen molar-refractivity contribution in [3.8, 4) is 5.75 Å². The Hall–Kier alpha value is -0.360. The molecule has 2 aromatic rings. The van der Waals surface area contributed by atoms with Crippen LogP contribution in [-0.2, 0) is 0 Å². The van der Waals surface area contributed by atoms with Gasteiger partial charge in [0, 0.05) is 9.85 Å². The molecule has 2 N–H and O–H groups in total. The second-order valence-corrected chi connectivity index (χ2v) is 6.00. The summed E-state index contributed by atoms with van der Waals surface area (Å²) in [5.41, 5.74) is 8.39. The second-order valence-electron chi connectivity index (χ2n) is 3.55. The average molecular weight is 377 g/mol. The Morgan fingerprint density at radius 2 is 2.00 bits per heavy atom. The first-order valence-electron chi connectivity index (χ1n) is 4.94. The smallest absolute Gasteiger partial charge is 0.133 e. The first-order valence-corrected chi connectivity index (χ1v) is 7.47. The molecule has 90 valence electrons. The van der Waals surface area contributed by atoms with Gasteiger partial charge in [0.2, 0.25) is 0 Å². The van der Waals surface area contributed by atoms with Gasteiger partial charge in [0.05, 0.1) is 17.6 Å². The molecule has 0 spiro atoms. The Kier molecular flexibility index (Phi) is 4.25. The van der Waals surface area contributed by atoms with E-state index in [4.69, 9.17) is 10.5 Å². The quantitative estimate of drug-likeness (QED) is 0.865. The summed E-state index contributed by atoms with van der Waals surface area (Å²) >= 11 is 8.61. The van der Waals surface area contributed by atoms with Crippen molar-refractivity contribution in [3.05, 3.63) is 49.0 Å². The summed E-state index contributed by atoms with van der Waals surface area (Å²) in [6, 6.07) is 5.77. The van der Waals surface area contributed by atoms with Crippen LogP contribution in [0, 0.1) is 0 Å². The van der Waals surface area contributed by atoms with Crippen LogP contribution < -0.4 is 10.5 Å². The maximum absolute atomic E-state index is 6.24. The first-order chi connectivity index (χ1) is 8.13. The van der Waals surface area contributed by atoms with Crippen molar-refractivity contribution in [2.45, 2.75) is 6.04 Å². The molecular formula is C12H11Br2NOS. The van der Waals surface area contributed by atoms with Crippen LogP contribution in [0.4, 0.5) is 0 Å². The third-order valence-electron chi connectivity index (χ3n) is 2.51. The summed E-state index contributed by atoms with van der Waals surface area (Å²) in [4.78, 5) is 0. The molecule has 0 aliphatic rings. The zero-order valence-corrected chi connectivity index (χ0v) is 13.1. The van der Waals surface area contributed by atoms with Crippen LogP contribution in [0.5, 0.6) is 5.75 Å². The highest BCUT2D eigenvalue weighted by molar-refractivity contribution is 9.10. The van der Waals surface area contributed by atoms with Gasteiger partial charge in [-0.15, -0.1) is 0 Å². The monoisotopic (exact) mass is 375 g/mol. The van der Waals surface area contributed by atoms with E-state index in [-0.39, 0.29) is 6.04 Å². The Morgan fingerprint density at radius 3 is 2.53 bits per heavy atom. The molecule has 1 atom stereocenters. The molecular weight excluding hydrogens is 366 g/mol. The number of benzene rings is 1. The Balaban J connectivity index is 2.35. The lowest BCUT2D eigenvalue weighted by molar-refractivity contribution is 0.412. The lowest BCUT2D eigenvalue weighted by Crippen LogP contribution is -2.11. The van der Waals surface area contributed by atoms with Crippen molar-refractivity contribution in [2.24, 2.45) is 5.73 Å². The van der Waals surface area contributed by atoms with Gasteiger partial charge < -0.3 is 10.5 Å². The van der Waals surface area contributed by atoms with Gasteiger partial charge in [-0.05, 0) is 60.5 Å². The zero-order chi connectivity index (χ0) is 12.4. The number of rotatable bonds is 3. The Labute approximate surface area is 121 Å². The molecule has 0 aliphatic heterocycles. The van der Waals surface area contributed by atoms with Crippen LogP contribution in [-0.4, -0.2) is 7.11 Å². The van der Waals surface area contributed by atoms with Crippen LogP contribution in [0.15, 0.2) is 37.9 Å². The van der Waals surface area contributed by atoms with Crippen molar-refractivity contribution in [2.75, 3.05) is 7.11 Å². The van der Waals surface area contributed by atoms with E-state index in [9.17, 15) is 0 Å². The molecule has 2 rings (SSSR count). The van der Waals surface area contributed by atoms with Gasteiger partial charge in [-0.25, -0.2) is 0 Å². The van der Waals surface area contributed by atoms with Gasteiger partial charge in [0.15, 0.2) is 0 Å². The fraction of sp³-hybridized carbons (Fsp3) is 0.167. The average Bonchev–Trinajstić information content (AvgIpc) is 2.74. The molecule has 0 fully saturated rings. The third-order valence-corrected chi connectivity index (χ3v) is 4.88. The van der Waals surface area contributed by atoms with E-state index in [0.29, 0.717) is 0 Å². The van der Waals surface area contributed by atoms with E-state index in [2.05, 4.69) is 37.2 Å². The van der Waals surface area contributed by atoms with Crippen molar-refractivity contribution >= 4 is 43.2 Å². The van der Waals surface area contributed by atoms with Crippen molar-refractivity contribution in [1.29, 1.82) is 0 Å². The minimum Gasteiger partial charge on any atom is -0.496 e. The zero-order valence-electron chi connectivity index (χ0n) is 9.11. The first kappa shape index (κ1) is 13.1. The standard InChI is InChI=1S/C12H11Br2NOS/c1-16-11-3-2-7(4-9(11)13)12(15)8-5-17-6-10(8)14/h2-6,12H,15H2,1H3. The van der Waals surface area contributed by atoms with Crippen molar-refractivity contribution in [1.82, 2.24) is 0 Å². The summed E-state index contributed by atoms with van der Waals surface area (Å²) in [5.74, 6) is 0.810. The lowest BCUT2D eigenvalue weighted by Gasteiger charge is -2.13. The molecule has 1 heterocycles. The minimum atomic E-state index is -0.127. The molecule has 0 saturated heterocycles. The largest absolute Gasteiger partial charge is 0.496 e. The second kappa shape index (κ2) is 5.52. The molecule has 0 amide bonds. The van der Waals surface area contributed by atoms with Gasteiger partial charge in [0.1, 0.15) is 5.75 Å². The van der Waals surface area contributed by atoms with Crippen LogP contribution in [0.3, 0.4) is 0 Å². The van der Waals surface area contributed by atoms with Crippen LogP contribution >= 0.6 is 43.2 Å². The highest BCUT2D eigenvalue weighted by Gasteiger charge is 2.14. The topological polar surface area (TPSA) is 35.2 Å². The maximum atomic E-state index is 6.24. The Bertz CT molecular complexity index is 527. The van der Waals surface area contributed by atoms with Crippen LogP contribution in [0.1, 0.15) is 17.2 Å². The van der Waals surface area contributed by atoms with Gasteiger partial charge in [0.25, 0.3) is 0 Å². The predicted octanol–water partition coefficient (Wildman–Crippen LogP) is 4.33. The number of halogens is 2. The molecule has 5 heteroatoms. The number of methoxy groups -OCH3 is 1. The molecule has 1 aromatic heterocycles. The predicted molar refractivity (Wildman–Crippen MR) is 78.7 cm³/mol.